The monoisotopic (exact) mass is 527 g/mol. The van der Waals surface area contributed by atoms with Crippen LogP contribution in [0.3, 0.4) is 0 Å². The molecule has 0 spiro atoms. The summed E-state index contributed by atoms with van der Waals surface area (Å²) in [7, 11) is 3.00. The Bertz CT molecular complexity index is 1340. The number of anilines is 2. The van der Waals surface area contributed by atoms with Gasteiger partial charge in [-0.15, -0.1) is 11.3 Å². The molecular weight excluding hydrogens is 501 g/mol. The minimum Gasteiger partial charge on any atom is -0.497 e. The molecule has 2 N–H and O–H groups in total. The summed E-state index contributed by atoms with van der Waals surface area (Å²) in [5, 5.41) is 5.91. The van der Waals surface area contributed by atoms with E-state index >= 15 is 0 Å². The van der Waals surface area contributed by atoms with E-state index in [0.29, 0.717) is 35.2 Å². The first-order chi connectivity index (χ1) is 17.8. The highest BCUT2D eigenvalue weighted by molar-refractivity contribution is 7.17. The smallest absolute Gasteiger partial charge is 0.410 e. The van der Waals surface area contributed by atoms with E-state index in [1.54, 1.807) is 30.0 Å². The molecule has 0 bridgehead atoms. The molecule has 9 nitrogen and oxygen atoms in total. The molecule has 11 heteroatoms. The number of amides is 3. The van der Waals surface area contributed by atoms with Gasteiger partial charge in [0.1, 0.15) is 22.3 Å². The number of rotatable bonds is 7. The lowest BCUT2D eigenvalue weighted by Crippen LogP contribution is -2.36. The van der Waals surface area contributed by atoms with Crippen molar-refractivity contribution < 1.29 is 33.0 Å². The Labute approximate surface area is 217 Å². The molecular formula is C26H26FN3O6S. The second kappa shape index (κ2) is 11.3. The Kier molecular flexibility index (Phi) is 7.92. The fourth-order valence-electron chi connectivity index (χ4n) is 4.00. The van der Waals surface area contributed by atoms with Crippen LogP contribution in [-0.4, -0.2) is 50.2 Å². The van der Waals surface area contributed by atoms with Gasteiger partial charge in [-0.3, -0.25) is 9.59 Å². The highest BCUT2D eigenvalue weighted by atomic mass is 32.1. The average Bonchev–Trinajstić information content (AvgIpc) is 3.25. The van der Waals surface area contributed by atoms with E-state index < -0.39 is 23.7 Å². The number of ether oxygens (including phenoxy) is 3. The molecule has 0 radical (unpaired) electrons. The average molecular weight is 528 g/mol. The summed E-state index contributed by atoms with van der Waals surface area (Å²) in [6.45, 7) is 2.56. The van der Waals surface area contributed by atoms with Crippen molar-refractivity contribution in [2.24, 2.45) is 0 Å². The predicted octanol–water partition coefficient (Wildman–Crippen LogP) is 4.92. The number of halogens is 1. The van der Waals surface area contributed by atoms with Crippen molar-refractivity contribution in [1.29, 1.82) is 0 Å². The van der Waals surface area contributed by atoms with Crippen LogP contribution in [-0.2, 0) is 17.7 Å². The van der Waals surface area contributed by atoms with Gasteiger partial charge in [-0.1, -0.05) is 6.07 Å². The molecule has 3 aromatic rings. The van der Waals surface area contributed by atoms with Gasteiger partial charge in [0.15, 0.2) is 0 Å². The van der Waals surface area contributed by atoms with Gasteiger partial charge in [-0.05, 0) is 49.2 Å². The lowest BCUT2D eigenvalue weighted by Gasteiger charge is -2.26. The van der Waals surface area contributed by atoms with Crippen LogP contribution < -0.4 is 20.1 Å². The molecule has 0 saturated heterocycles. The molecule has 0 unspecified atom stereocenters. The molecule has 0 atom stereocenters. The number of nitrogens with zero attached hydrogens (tertiary/aromatic N) is 1. The maximum absolute atomic E-state index is 13.7. The third kappa shape index (κ3) is 5.67. The van der Waals surface area contributed by atoms with Crippen LogP contribution in [0, 0.1) is 5.82 Å². The number of fused-ring (bicyclic) bond motifs is 1. The maximum atomic E-state index is 13.7. The van der Waals surface area contributed by atoms with Gasteiger partial charge in [0.05, 0.1) is 38.6 Å². The van der Waals surface area contributed by atoms with Crippen molar-refractivity contribution in [2.75, 3.05) is 38.0 Å². The Hall–Kier alpha value is -4.12. The fraction of sp³-hybridized carbons (Fsp3) is 0.269. The molecule has 1 aliphatic rings. The number of carbonyl (C=O) groups is 3. The topological polar surface area (TPSA) is 106 Å². The summed E-state index contributed by atoms with van der Waals surface area (Å²) in [5.74, 6) is -0.631. The molecule has 194 valence electrons. The fourth-order valence-corrected chi connectivity index (χ4v) is 5.26. The third-order valence-electron chi connectivity index (χ3n) is 5.78. The lowest BCUT2D eigenvalue weighted by atomic mass is 10.0. The zero-order valence-corrected chi connectivity index (χ0v) is 21.4. The molecule has 0 saturated carbocycles. The number of carbonyl (C=O) groups excluding carboxylic acids is 3. The second-order valence-corrected chi connectivity index (χ2v) is 9.17. The van der Waals surface area contributed by atoms with Crippen molar-refractivity contribution in [2.45, 2.75) is 19.9 Å². The predicted molar refractivity (Wildman–Crippen MR) is 137 cm³/mol. The van der Waals surface area contributed by atoms with E-state index in [1.165, 1.54) is 43.8 Å². The largest absolute Gasteiger partial charge is 0.497 e. The van der Waals surface area contributed by atoms with E-state index in [-0.39, 0.29) is 24.3 Å². The molecule has 37 heavy (non-hydrogen) atoms. The van der Waals surface area contributed by atoms with Crippen molar-refractivity contribution >= 4 is 39.9 Å². The van der Waals surface area contributed by atoms with Crippen LogP contribution in [0.25, 0.3) is 0 Å². The zero-order valence-electron chi connectivity index (χ0n) is 20.6. The van der Waals surface area contributed by atoms with Gasteiger partial charge < -0.3 is 29.7 Å². The first-order valence-electron chi connectivity index (χ1n) is 11.5. The lowest BCUT2D eigenvalue weighted by molar-refractivity contribution is 0.101. The summed E-state index contributed by atoms with van der Waals surface area (Å²) in [5.41, 5.74) is 1.50. The summed E-state index contributed by atoms with van der Waals surface area (Å²) in [6, 6.07) is 10.3. The van der Waals surface area contributed by atoms with Gasteiger partial charge in [0.2, 0.25) is 0 Å². The van der Waals surface area contributed by atoms with E-state index in [1.807, 2.05) is 0 Å². The third-order valence-corrected chi connectivity index (χ3v) is 6.91. The van der Waals surface area contributed by atoms with Crippen LogP contribution in [0.1, 0.15) is 38.1 Å². The van der Waals surface area contributed by atoms with Crippen molar-refractivity contribution in [3.63, 3.8) is 0 Å². The summed E-state index contributed by atoms with van der Waals surface area (Å²) < 4.78 is 29.5. The molecule has 4 rings (SSSR count). The molecule has 3 amide bonds. The van der Waals surface area contributed by atoms with Crippen molar-refractivity contribution in [3.05, 3.63) is 69.8 Å². The van der Waals surface area contributed by atoms with Crippen LogP contribution >= 0.6 is 11.3 Å². The van der Waals surface area contributed by atoms with Crippen LogP contribution in [0.4, 0.5) is 19.9 Å². The van der Waals surface area contributed by atoms with E-state index in [0.717, 1.165) is 16.5 Å². The van der Waals surface area contributed by atoms with Crippen molar-refractivity contribution in [1.82, 2.24) is 4.90 Å². The van der Waals surface area contributed by atoms with Gasteiger partial charge in [0, 0.05) is 23.1 Å². The van der Waals surface area contributed by atoms with Gasteiger partial charge >= 0.3 is 6.09 Å². The highest BCUT2D eigenvalue weighted by Crippen LogP contribution is 2.39. The quantitative estimate of drug-likeness (QED) is 0.452. The molecule has 1 aliphatic heterocycles. The highest BCUT2D eigenvalue weighted by Gasteiger charge is 2.31. The Morgan fingerprint density at radius 2 is 1.86 bits per heavy atom. The van der Waals surface area contributed by atoms with Crippen LogP contribution in [0.2, 0.25) is 0 Å². The normalized spacial score (nSPS) is 12.4. The van der Waals surface area contributed by atoms with Crippen LogP contribution in [0.5, 0.6) is 11.5 Å². The van der Waals surface area contributed by atoms with E-state index in [9.17, 15) is 18.8 Å². The van der Waals surface area contributed by atoms with Gasteiger partial charge in [0.25, 0.3) is 11.8 Å². The first kappa shape index (κ1) is 26.0. The van der Waals surface area contributed by atoms with Crippen LogP contribution in [0.15, 0.2) is 42.5 Å². The maximum Gasteiger partial charge on any atom is 0.410 e. The minimum atomic E-state index is -0.562. The van der Waals surface area contributed by atoms with Gasteiger partial charge in [-0.25, -0.2) is 9.18 Å². The Morgan fingerprint density at radius 1 is 1.05 bits per heavy atom. The Morgan fingerprint density at radius 3 is 2.57 bits per heavy atom. The summed E-state index contributed by atoms with van der Waals surface area (Å²) in [4.78, 5) is 41.1. The standard InChI is InChI=1S/C26H26FN3O6S/c1-4-36-26(33)30-11-10-18-21(14-30)37-25(29-23(31)15-6-5-7-16(27)12-15)22(18)24(32)28-19-13-17(34-2)8-9-20(19)35-3/h5-9,12-13H,4,10-11,14H2,1-3H3,(H,28,32)(H,29,31). The molecule has 1 aromatic heterocycles. The molecule has 0 fully saturated rings. The number of hydrogen-bond acceptors (Lipinski definition) is 7. The van der Waals surface area contributed by atoms with E-state index in [4.69, 9.17) is 14.2 Å². The number of hydrogen-bond donors (Lipinski definition) is 2. The number of nitrogens with one attached hydrogen (secondary N) is 2. The number of thiophene rings is 1. The van der Waals surface area contributed by atoms with Gasteiger partial charge in [-0.2, -0.15) is 0 Å². The minimum absolute atomic E-state index is 0.111. The second-order valence-electron chi connectivity index (χ2n) is 8.06. The number of benzene rings is 2. The summed E-state index contributed by atoms with van der Waals surface area (Å²) in [6.07, 6.45) is -0.0580. The zero-order chi connectivity index (χ0) is 26.5. The van der Waals surface area contributed by atoms with Crippen molar-refractivity contribution in [3.8, 4) is 11.5 Å². The first-order valence-corrected chi connectivity index (χ1v) is 12.3. The molecule has 2 aromatic carbocycles. The summed E-state index contributed by atoms with van der Waals surface area (Å²) >= 11 is 1.19. The SMILES string of the molecule is CCOC(=O)N1CCc2c(sc(NC(=O)c3cccc(F)c3)c2C(=O)Nc2cc(OC)ccc2OC)C1. The molecule has 0 aliphatic carbocycles. The molecule has 2 heterocycles. The van der Waals surface area contributed by atoms with E-state index in [2.05, 4.69) is 10.6 Å². The Balaban J connectivity index is 1.70. The number of methoxy groups -OCH3 is 2.